The molecule has 0 aliphatic heterocycles. The van der Waals surface area contributed by atoms with Crippen molar-refractivity contribution in [3.8, 4) is 0 Å². The van der Waals surface area contributed by atoms with Crippen LogP contribution in [0.4, 0.5) is 39.5 Å². The van der Waals surface area contributed by atoms with E-state index < -0.39 is 37.2 Å². The van der Waals surface area contributed by atoms with E-state index in [1.807, 2.05) is 0 Å². The van der Waals surface area contributed by atoms with Crippen LogP contribution in [-0.4, -0.2) is 37.2 Å². The number of halogens is 9. The van der Waals surface area contributed by atoms with Crippen molar-refractivity contribution in [1.82, 2.24) is 0 Å². The van der Waals surface area contributed by atoms with Gasteiger partial charge in [-0.05, 0) is 6.92 Å². The molecular formula is C7H7F9O. The third kappa shape index (κ3) is 2.78. The Morgan fingerprint density at radius 3 is 1.35 bits per heavy atom. The van der Waals surface area contributed by atoms with Gasteiger partial charge in [0.25, 0.3) is 0 Å². The lowest BCUT2D eigenvalue weighted by molar-refractivity contribution is -0.401. The first-order valence-electron chi connectivity index (χ1n) is 4.09. The average Bonchev–Trinajstić information content (AvgIpc) is 2.09. The molecule has 0 unspecified atom stereocenters. The number of rotatable bonds is 4. The van der Waals surface area contributed by atoms with Crippen LogP contribution in [0.3, 0.4) is 0 Å². The first kappa shape index (κ1) is 16.3. The van der Waals surface area contributed by atoms with E-state index in [0.717, 1.165) is 6.92 Å². The lowest BCUT2D eigenvalue weighted by Gasteiger charge is -2.35. The van der Waals surface area contributed by atoms with Crippen LogP contribution in [-0.2, 0) is 4.74 Å². The minimum Gasteiger partial charge on any atom is -0.375 e. The Morgan fingerprint density at radius 1 is 0.765 bits per heavy atom. The van der Waals surface area contributed by atoms with Gasteiger partial charge in [0.05, 0.1) is 0 Å². The third-order valence-electron chi connectivity index (χ3n) is 1.77. The largest absolute Gasteiger partial charge is 0.437 e. The van der Waals surface area contributed by atoms with Crippen molar-refractivity contribution in [2.24, 2.45) is 0 Å². The van der Waals surface area contributed by atoms with E-state index in [2.05, 4.69) is 4.74 Å². The summed E-state index contributed by atoms with van der Waals surface area (Å²) in [6, 6.07) is 0. The van der Waals surface area contributed by atoms with Crippen LogP contribution in [0.2, 0.25) is 0 Å². The average molecular weight is 278 g/mol. The highest BCUT2D eigenvalue weighted by Gasteiger charge is 2.84. The molecule has 1 nitrogen and oxygen atoms in total. The predicted octanol–water partition coefficient (Wildman–Crippen LogP) is 3.49. The Kier molecular flexibility index (Phi) is 4.36. The summed E-state index contributed by atoms with van der Waals surface area (Å²) in [5, 5.41) is 0. The van der Waals surface area contributed by atoms with Gasteiger partial charge in [-0.1, -0.05) is 0 Å². The second-order valence-electron chi connectivity index (χ2n) is 3.00. The van der Waals surface area contributed by atoms with E-state index in [1.54, 1.807) is 0 Å². The van der Waals surface area contributed by atoms with Crippen LogP contribution in [0.25, 0.3) is 0 Å². The first-order valence-corrected chi connectivity index (χ1v) is 4.09. The zero-order chi connectivity index (χ0) is 14.1. The second-order valence-corrected chi connectivity index (χ2v) is 3.00. The Bertz CT molecular complexity index is 239. The van der Waals surface area contributed by atoms with Gasteiger partial charge in [0.15, 0.2) is 0 Å². The molecule has 0 aromatic heterocycles. The van der Waals surface area contributed by atoms with Crippen LogP contribution < -0.4 is 0 Å². The maximum atomic E-state index is 12.8. The van der Waals surface area contributed by atoms with E-state index >= 15 is 0 Å². The molecule has 0 bridgehead atoms. The van der Waals surface area contributed by atoms with Gasteiger partial charge in [-0.3, -0.25) is 0 Å². The van der Waals surface area contributed by atoms with E-state index in [-0.39, 0.29) is 0 Å². The van der Waals surface area contributed by atoms with Crippen molar-refractivity contribution < 1.29 is 44.3 Å². The number of hydrogen-bond acceptors (Lipinski definition) is 1. The van der Waals surface area contributed by atoms with Gasteiger partial charge in [-0.25, -0.2) is 4.39 Å². The number of alkyl halides is 9. The fourth-order valence-electron chi connectivity index (χ4n) is 0.905. The van der Waals surface area contributed by atoms with Gasteiger partial charge in [-0.15, -0.1) is 0 Å². The van der Waals surface area contributed by atoms with E-state index in [1.165, 1.54) is 0 Å². The molecule has 10 heteroatoms. The third-order valence-corrected chi connectivity index (χ3v) is 1.77. The van der Waals surface area contributed by atoms with Gasteiger partial charge in [0, 0.05) is 6.61 Å². The van der Waals surface area contributed by atoms with E-state index in [4.69, 9.17) is 0 Å². The summed E-state index contributed by atoms with van der Waals surface area (Å²) in [4.78, 5) is 0. The molecule has 0 amide bonds. The van der Waals surface area contributed by atoms with E-state index in [9.17, 15) is 39.5 Å². The molecule has 0 atom stereocenters. The molecule has 0 saturated carbocycles. The predicted molar refractivity (Wildman–Crippen MR) is 37.4 cm³/mol. The molecule has 104 valence electrons. The Labute approximate surface area is 89.5 Å². The lowest BCUT2D eigenvalue weighted by atomic mass is 9.96. The molecule has 0 aromatic rings. The molecule has 0 N–H and O–H groups in total. The summed E-state index contributed by atoms with van der Waals surface area (Å²) >= 11 is 0. The first-order chi connectivity index (χ1) is 7.31. The molecule has 0 heterocycles. The van der Waals surface area contributed by atoms with Gasteiger partial charge < -0.3 is 4.74 Å². The summed E-state index contributed by atoms with van der Waals surface area (Å²) < 4.78 is 113. The molecule has 0 saturated heterocycles. The summed E-state index contributed by atoms with van der Waals surface area (Å²) in [5.41, 5.74) is -6.64. The van der Waals surface area contributed by atoms with Gasteiger partial charge in [-0.2, -0.15) is 35.1 Å². The van der Waals surface area contributed by atoms with E-state index in [0.29, 0.717) is 0 Å². The van der Waals surface area contributed by atoms with Crippen molar-refractivity contribution in [2.75, 3.05) is 13.2 Å². The molecule has 0 aliphatic carbocycles. The van der Waals surface area contributed by atoms with Gasteiger partial charge in [0.2, 0.25) is 0 Å². The van der Waals surface area contributed by atoms with Crippen molar-refractivity contribution in [3.05, 3.63) is 0 Å². The Balaban J connectivity index is 5.49. The lowest BCUT2D eigenvalue weighted by Crippen LogP contribution is -2.65. The van der Waals surface area contributed by atoms with Crippen LogP contribution in [0.1, 0.15) is 6.92 Å². The number of hydrogen-bond donors (Lipinski definition) is 0. The van der Waals surface area contributed by atoms with Crippen molar-refractivity contribution in [2.45, 2.75) is 30.9 Å². The van der Waals surface area contributed by atoms with Gasteiger partial charge >= 0.3 is 23.9 Å². The SMILES string of the molecule is CCOCC(F)(F)C(F)(C(F)(F)F)C(F)(F)F. The van der Waals surface area contributed by atoms with Crippen molar-refractivity contribution >= 4 is 0 Å². The fourth-order valence-corrected chi connectivity index (χ4v) is 0.905. The zero-order valence-electron chi connectivity index (χ0n) is 8.22. The Morgan fingerprint density at radius 2 is 1.12 bits per heavy atom. The minimum atomic E-state index is -6.80. The van der Waals surface area contributed by atoms with Crippen molar-refractivity contribution in [1.29, 1.82) is 0 Å². The zero-order valence-corrected chi connectivity index (χ0v) is 8.22. The fraction of sp³-hybridized carbons (Fsp3) is 1.00. The van der Waals surface area contributed by atoms with Gasteiger partial charge in [0.1, 0.15) is 6.61 Å². The highest BCUT2D eigenvalue weighted by atomic mass is 19.4. The normalized spacial score (nSPS) is 15.2. The molecular weight excluding hydrogens is 271 g/mol. The van der Waals surface area contributed by atoms with Crippen LogP contribution >= 0.6 is 0 Å². The maximum absolute atomic E-state index is 12.8. The number of ether oxygens (including phenoxy) is 1. The molecule has 0 aliphatic rings. The summed E-state index contributed by atoms with van der Waals surface area (Å²) in [5.74, 6) is -5.76. The van der Waals surface area contributed by atoms with Crippen LogP contribution in [0, 0.1) is 0 Å². The summed E-state index contributed by atoms with van der Waals surface area (Å²) in [6.07, 6.45) is -13.6. The highest BCUT2D eigenvalue weighted by molar-refractivity contribution is 5.05. The monoisotopic (exact) mass is 278 g/mol. The smallest absolute Gasteiger partial charge is 0.375 e. The Hall–Kier alpha value is -0.670. The molecule has 0 spiro atoms. The maximum Gasteiger partial charge on any atom is 0.437 e. The second kappa shape index (κ2) is 4.54. The molecule has 0 radical (unpaired) electrons. The van der Waals surface area contributed by atoms with Crippen LogP contribution in [0.15, 0.2) is 0 Å². The molecule has 0 rings (SSSR count). The topological polar surface area (TPSA) is 9.23 Å². The summed E-state index contributed by atoms with van der Waals surface area (Å²) in [6.45, 7) is -1.85. The summed E-state index contributed by atoms with van der Waals surface area (Å²) in [7, 11) is 0. The molecule has 0 fully saturated rings. The molecule has 0 aromatic carbocycles. The molecule has 17 heavy (non-hydrogen) atoms. The van der Waals surface area contributed by atoms with Crippen molar-refractivity contribution in [3.63, 3.8) is 0 Å². The quantitative estimate of drug-likeness (QED) is 0.715. The standard InChI is InChI=1S/C7H7F9O/c1-2-17-3-4(8,9)5(10,6(11,12)13)7(14,15)16/h2-3H2,1H3. The highest BCUT2D eigenvalue weighted by Crippen LogP contribution is 2.54. The minimum absolute atomic E-state index is 0.582. The van der Waals surface area contributed by atoms with Crippen LogP contribution in [0.5, 0.6) is 0 Å².